The van der Waals surface area contributed by atoms with E-state index in [1.54, 1.807) is 7.05 Å². The second-order valence-electron chi connectivity index (χ2n) is 5.64. The summed E-state index contributed by atoms with van der Waals surface area (Å²) in [5.41, 5.74) is 1.06. The van der Waals surface area contributed by atoms with Crippen LogP contribution in [0.2, 0.25) is 0 Å². The summed E-state index contributed by atoms with van der Waals surface area (Å²) in [5, 5.41) is 11.8. The van der Waals surface area contributed by atoms with Gasteiger partial charge in [0.25, 0.3) is 0 Å². The van der Waals surface area contributed by atoms with E-state index < -0.39 is 12.0 Å². The highest BCUT2D eigenvalue weighted by Crippen LogP contribution is 2.06. The second-order valence-corrected chi connectivity index (χ2v) is 5.64. The number of carbonyl (C=O) groups is 2. The molecule has 2 amide bonds. The average molecular weight is 292 g/mol. The molecule has 0 fully saturated rings. The standard InChI is InChI=1S/C16H24N2O3/c1-12(2)11-18(3)16(21)17-14(15(19)20)10-9-13-7-5-4-6-8-13/h4-8,12,14H,9-11H2,1-3H3,(H,17,21)(H,19,20)/t14-/m0/s1. The Kier molecular flexibility index (Phi) is 6.72. The minimum atomic E-state index is -1.00. The van der Waals surface area contributed by atoms with Crippen LogP contribution < -0.4 is 5.32 Å². The minimum absolute atomic E-state index is 0.341. The van der Waals surface area contributed by atoms with Crippen LogP contribution in [0.1, 0.15) is 25.8 Å². The van der Waals surface area contributed by atoms with Crippen LogP contribution >= 0.6 is 0 Å². The van der Waals surface area contributed by atoms with Gasteiger partial charge in [-0.1, -0.05) is 44.2 Å². The molecule has 0 saturated heterocycles. The van der Waals surface area contributed by atoms with Gasteiger partial charge in [0.2, 0.25) is 0 Å². The van der Waals surface area contributed by atoms with Crippen LogP contribution in [-0.4, -0.2) is 41.6 Å². The molecule has 0 unspecified atom stereocenters. The van der Waals surface area contributed by atoms with Gasteiger partial charge in [-0.2, -0.15) is 0 Å². The van der Waals surface area contributed by atoms with Crippen LogP contribution in [0.25, 0.3) is 0 Å². The van der Waals surface area contributed by atoms with Gasteiger partial charge in [0.1, 0.15) is 6.04 Å². The summed E-state index contributed by atoms with van der Waals surface area (Å²) in [6, 6.07) is 8.44. The summed E-state index contributed by atoms with van der Waals surface area (Å²) >= 11 is 0. The first-order valence-corrected chi connectivity index (χ1v) is 7.18. The van der Waals surface area contributed by atoms with Gasteiger partial charge in [0, 0.05) is 13.6 Å². The van der Waals surface area contributed by atoms with Crippen molar-refractivity contribution >= 4 is 12.0 Å². The van der Waals surface area contributed by atoms with E-state index in [0.717, 1.165) is 5.56 Å². The molecule has 1 aromatic carbocycles. The number of carboxylic acid groups (broad SMARTS) is 1. The molecule has 1 atom stereocenters. The number of benzene rings is 1. The van der Waals surface area contributed by atoms with Crippen molar-refractivity contribution in [3.05, 3.63) is 35.9 Å². The number of aryl methyl sites for hydroxylation is 1. The van der Waals surface area contributed by atoms with Crippen molar-refractivity contribution in [1.82, 2.24) is 10.2 Å². The molecule has 0 aliphatic rings. The van der Waals surface area contributed by atoms with Crippen molar-refractivity contribution in [3.8, 4) is 0 Å². The Bertz CT molecular complexity index is 460. The van der Waals surface area contributed by atoms with Gasteiger partial charge in [-0.25, -0.2) is 9.59 Å². The Labute approximate surface area is 126 Å². The predicted molar refractivity (Wildman–Crippen MR) is 82.2 cm³/mol. The number of rotatable bonds is 7. The lowest BCUT2D eigenvalue weighted by molar-refractivity contribution is -0.139. The van der Waals surface area contributed by atoms with E-state index in [1.165, 1.54) is 4.90 Å². The van der Waals surface area contributed by atoms with Crippen LogP contribution in [0.4, 0.5) is 4.79 Å². The van der Waals surface area contributed by atoms with Crippen molar-refractivity contribution in [1.29, 1.82) is 0 Å². The number of hydrogen-bond acceptors (Lipinski definition) is 2. The van der Waals surface area contributed by atoms with Gasteiger partial charge in [0.05, 0.1) is 0 Å². The van der Waals surface area contributed by atoms with Crippen LogP contribution in [0.5, 0.6) is 0 Å². The third-order valence-electron chi connectivity index (χ3n) is 3.15. The third-order valence-corrected chi connectivity index (χ3v) is 3.15. The number of carboxylic acids is 1. The molecule has 0 spiro atoms. The number of carbonyl (C=O) groups excluding carboxylic acids is 1. The molecule has 5 nitrogen and oxygen atoms in total. The Hall–Kier alpha value is -2.04. The average Bonchev–Trinajstić information content (AvgIpc) is 2.43. The van der Waals surface area contributed by atoms with Gasteiger partial charge in [-0.15, -0.1) is 0 Å². The van der Waals surface area contributed by atoms with Crippen molar-refractivity contribution in [2.75, 3.05) is 13.6 Å². The zero-order valence-corrected chi connectivity index (χ0v) is 12.9. The highest BCUT2D eigenvalue weighted by molar-refractivity contribution is 5.82. The molecule has 5 heteroatoms. The molecule has 0 heterocycles. The molecule has 1 rings (SSSR count). The van der Waals surface area contributed by atoms with Gasteiger partial charge < -0.3 is 15.3 Å². The largest absolute Gasteiger partial charge is 0.480 e. The summed E-state index contributed by atoms with van der Waals surface area (Å²) in [6.45, 7) is 4.61. The second kappa shape index (κ2) is 8.29. The van der Waals surface area contributed by atoms with Crippen molar-refractivity contribution in [3.63, 3.8) is 0 Å². The summed E-state index contributed by atoms with van der Waals surface area (Å²) < 4.78 is 0. The lowest BCUT2D eigenvalue weighted by atomic mass is 10.1. The van der Waals surface area contributed by atoms with E-state index in [1.807, 2.05) is 44.2 Å². The maximum absolute atomic E-state index is 12.0. The van der Waals surface area contributed by atoms with E-state index in [4.69, 9.17) is 0 Å². The molecular weight excluding hydrogens is 268 g/mol. The highest BCUT2D eigenvalue weighted by atomic mass is 16.4. The number of hydrogen-bond donors (Lipinski definition) is 2. The fourth-order valence-corrected chi connectivity index (χ4v) is 2.10. The first-order chi connectivity index (χ1) is 9.90. The smallest absolute Gasteiger partial charge is 0.326 e. The zero-order chi connectivity index (χ0) is 15.8. The molecule has 0 bridgehead atoms. The molecule has 2 N–H and O–H groups in total. The van der Waals surface area contributed by atoms with E-state index in [2.05, 4.69) is 5.32 Å². The highest BCUT2D eigenvalue weighted by Gasteiger charge is 2.21. The summed E-state index contributed by atoms with van der Waals surface area (Å²) in [6.07, 6.45) is 0.993. The molecule has 0 aromatic heterocycles. The fraction of sp³-hybridized carbons (Fsp3) is 0.500. The molecular formula is C16H24N2O3. The molecule has 0 aliphatic heterocycles. The number of urea groups is 1. The zero-order valence-electron chi connectivity index (χ0n) is 12.9. The quantitative estimate of drug-likeness (QED) is 0.810. The fourth-order valence-electron chi connectivity index (χ4n) is 2.10. The van der Waals surface area contributed by atoms with Crippen LogP contribution in [0.15, 0.2) is 30.3 Å². The molecule has 0 radical (unpaired) electrons. The monoisotopic (exact) mass is 292 g/mol. The number of amides is 2. The topological polar surface area (TPSA) is 69.6 Å². The van der Waals surface area contributed by atoms with Crippen LogP contribution in [0, 0.1) is 5.92 Å². The molecule has 0 aliphatic carbocycles. The lowest BCUT2D eigenvalue weighted by Gasteiger charge is -2.22. The van der Waals surface area contributed by atoms with Crippen LogP contribution in [0.3, 0.4) is 0 Å². The van der Waals surface area contributed by atoms with Crippen LogP contribution in [-0.2, 0) is 11.2 Å². The SMILES string of the molecule is CC(C)CN(C)C(=O)N[C@@H](CCc1ccccc1)C(=O)O. The first kappa shape index (κ1) is 17.0. The van der Waals surface area contributed by atoms with E-state index in [-0.39, 0.29) is 6.03 Å². The van der Waals surface area contributed by atoms with E-state index >= 15 is 0 Å². The first-order valence-electron chi connectivity index (χ1n) is 7.18. The van der Waals surface area contributed by atoms with Gasteiger partial charge >= 0.3 is 12.0 Å². The maximum Gasteiger partial charge on any atom is 0.326 e. The van der Waals surface area contributed by atoms with Gasteiger partial charge in [0.15, 0.2) is 0 Å². The molecule has 21 heavy (non-hydrogen) atoms. The number of aliphatic carboxylic acids is 1. The van der Waals surface area contributed by atoms with E-state index in [0.29, 0.717) is 25.3 Å². The molecule has 0 saturated carbocycles. The summed E-state index contributed by atoms with van der Waals surface area (Å²) in [5.74, 6) is -0.662. The van der Waals surface area contributed by atoms with Crippen molar-refractivity contribution < 1.29 is 14.7 Å². The maximum atomic E-state index is 12.0. The molecule has 1 aromatic rings. The number of nitrogens with one attached hydrogen (secondary N) is 1. The Morgan fingerprint density at radius 1 is 1.24 bits per heavy atom. The predicted octanol–water partition coefficient (Wildman–Crippen LogP) is 2.37. The van der Waals surface area contributed by atoms with Crippen molar-refractivity contribution in [2.45, 2.75) is 32.7 Å². The minimum Gasteiger partial charge on any atom is -0.480 e. The Morgan fingerprint density at radius 2 is 1.86 bits per heavy atom. The summed E-state index contributed by atoms with van der Waals surface area (Å²) in [7, 11) is 1.67. The number of nitrogens with zero attached hydrogens (tertiary/aromatic N) is 1. The van der Waals surface area contributed by atoms with E-state index in [9.17, 15) is 14.7 Å². The summed E-state index contributed by atoms with van der Waals surface area (Å²) in [4.78, 5) is 24.7. The normalized spacial score (nSPS) is 12.0. The Morgan fingerprint density at radius 3 is 2.38 bits per heavy atom. The van der Waals surface area contributed by atoms with Gasteiger partial charge in [-0.3, -0.25) is 0 Å². The third kappa shape index (κ3) is 6.29. The van der Waals surface area contributed by atoms with Gasteiger partial charge in [-0.05, 0) is 24.3 Å². The lowest BCUT2D eigenvalue weighted by Crippen LogP contribution is -2.47. The van der Waals surface area contributed by atoms with Crippen molar-refractivity contribution in [2.24, 2.45) is 5.92 Å². The molecule has 116 valence electrons. The Balaban J connectivity index is 2.54.